The summed E-state index contributed by atoms with van der Waals surface area (Å²) in [5, 5.41) is 3.32. The molecule has 1 aromatic carbocycles. The Morgan fingerprint density at radius 3 is 2.84 bits per heavy atom. The topological polar surface area (TPSA) is 32.3 Å². The zero-order valence-electron chi connectivity index (χ0n) is 11.6. The molecule has 102 valence electrons. The lowest BCUT2D eigenvalue weighted by Crippen LogP contribution is -2.53. The summed E-state index contributed by atoms with van der Waals surface area (Å²) >= 11 is 0. The number of fused-ring (bicyclic) bond motifs is 1. The number of ketones is 1. The van der Waals surface area contributed by atoms with Gasteiger partial charge in [0.15, 0.2) is 5.78 Å². The van der Waals surface area contributed by atoms with E-state index in [0.717, 1.165) is 31.6 Å². The molecule has 0 radical (unpaired) electrons. The van der Waals surface area contributed by atoms with Crippen molar-refractivity contribution in [3.05, 3.63) is 34.9 Å². The van der Waals surface area contributed by atoms with Gasteiger partial charge in [-0.3, -0.25) is 9.69 Å². The molecular weight excluding hydrogens is 236 g/mol. The number of carbonyl (C=O) groups excluding carboxylic acids is 1. The predicted octanol–water partition coefficient (Wildman–Crippen LogP) is 1.65. The molecule has 1 aliphatic carbocycles. The molecule has 1 saturated heterocycles. The number of Topliss-reactive ketones (excluding diaryl/α,β-unsaturated/α-hetero) is 1. The highest BCUT2D eigenvalue weighted by molar-refractivity contribution is 6.00. The molecular formula is C16H22N2O. The lowest BCUT2D eigenvalue weighted by molar-refractivity contribution is 0.0819. The van der Waals surface area contributed by atoms with Crippen LogP contribution >= 0.6 is 0 Å². The number of hydrogen-bond acceptors (Lipinski definition) is 3. The van der Waals surface area contributed by atoms with Crippen LogP contribution in [0, 0.1) is 0 Å². The van der Waals surface area contributed by atoms with Gasteiger partial charge in [0.05, 0.1) is 6.04 Å². The fraction of sp³-hybridized carbons (Fsp3) is 0.562. The van der Waals surface area contributed by atoms with Crippen LogP contribution in [0.1, 0.15) is 34.3 Å². The van der Waals surface area contributed by atoms with Gasteiger partial charge in [-0.1, -0.05) is 12.1 Å². The van der Waals surface area contributed by atoms with Crippen molar-refractivity contribution >= 4 is 5.78 Å². The van der Waals surface area contributed by atoms with Crippen molar-refractivity contribution < 1.29 is 4.79 Å². The minimum atomic E-state index is -0.00427. The number of rotatable bonds is 2. The van der Waals surface area contributed by atoms with Crippen LogP contribution in [0.4, 0.5) is 0 Å². The van der Waals surface area contributed by atoms with Crippen molar-refractivity contribution in [1.29, 1.82) is 0 Å². The van der Waals surface area contributed by atoms with Crippen LogP contribution in [0.2, 0.25) is 0 Å². The van der Waals surface area contributed by atoms with E-state index in [-0.39, 0.29) is 11.8 Å². The lowest BCUT2D eigenvalue weighted by Gasteiger charge is -2.32. The molecule has 3 nitrogen and oxygen atoms in total. The summed E-state index contributed by atoms with van der Waals surface area (Å²) in [6.45, 7) is 2.69. The summed E-state index contributed by atoms with van der Waals surface area (Å²) in [4.78, 5) is 14.8. The molecule has 1 fully saturated rings. The molecule has 2 aliphatic rings. The number of likely N-dealkylation sites (N-methyl/N-ethyl adjacent to an activating group) is 1. The van der Waals surface area contributed by atoms with Crippen LogP contribution in [0.5, 0.6) is 0 Å². The smallest absolute Gasteiger partial charge is 0.181 e. The first-order valence-corrected chi connectivity index (χ1v) is 7.32. The quantitative estimate of drug-likeness (QED) is 0.819. The van der Waals surface area contributed by atoms with E-state index < -0.39 is 0 Å². The Balaban J connectivity index is 1.83. The summed E-state index contributed by atoms with van der Waals surface area (Å²) in [6, 6.07) is 6.32. The monoisotopic (exact) mass is 258 g/mol. The van der Waals surface area contributed by atoms with Gasteiger partial charge < -0.3 is 5.32 Å². The molecule has 19 heavy (non-hydrogen) atoms. The molecule has 0 spiro atoms. The predicted molar refractivity (Wildman–Crippen MR) is 76.7 cm³/mol. The summed E-state index contributed by atoms with van der Waals surface area (Å²) in [5.74, 6) is 0.267. The van der Waals surface area contributed by atoms with Gasteiger partial charge in [0.1, 0.15) is 0 Å². The molecule has 1 atom stereocenters. The molecule has 0 bridgehead atoms. The van der Waals surface area contributed by atoms with E-state index in [1.807, 2.05) is 13.1 Å². The highest BCUT2D eigenvalue weighted by atomic mass is 16.1. The minimum Gasteiger partial charge on any atom is -0.313 e. The number of carbonyl (C=O) groups is 1. The van der Waals surface area contributed by atoms with E-state index in [2.05, 4.69) is 22.3 Å². The van der Waals surface area contributed by atoms with Crippen LogP contribution in [0.25, 0.3) is 0 Å². The van der Waals surface area contributed by atoms with E-state index in [0.29, 0.717) is 0 Å². The number of piperazine rings is 1. The highest BCUT2D eigenvalue weighted by Crippen LogP contribution is 2.23. The van der Waals surface area contributed by atoms with E-state index in [1.165, 1.54) is 30.4 Å². The van der Waals surface area contributed by atoms with Gasteiger partial charge in [-0.25, -0.2) is 0 Å². The molecule has 0 amide bonds. The average Bonchev–Trinajstić information content (AvgIpc) is 2.46. The lowest BCUT2D eigenvalue weighted by atomic mass is 9.89. The third-order valence-corrected chi connectivity index (χ3v) is 4.45. The van der Waals surface area contributed by atoms with Crippen LogP contribution in [0.15, 0.2) is 18.2 Å². The molecule has 1 heterocycles. The average molecular weight is 258 g/mol. The SMILES string of the molecule is CN1CCNCC1C(=O)c1ccc2c(c1)CCCC2. The van der Waals surface area contributed by atoms with Gasteiger partial charge in [0.2, 0.25) is 0 Å². The van der Waals surface area contributed by atoms with E-state index in [1.54, 1.807) is 0 Å². The second-order valence-corrected chi connectivity index (χ2v) is 5.76. The van der Waals surface area contributed by atoms with E-state index >= 15 is 0 Å². The Morgan fingerprint density at radius 1 is 1.26 bits per heavy atom. The molecule has 1 unspecified atom stereocenters. The summed E-state index contributed by atoms with van der Waals surface area (Å²) in [5.41, 5.74) is 3.72. The third-order valence-electron chi connectivity index (χ3n) is 4.45. The van der Waals surface area contributed by atoms with Crippen molar-refractivity contribution in [3.63, 3.8) is 0 Å². The minimum absolute atomic E-state index is 0.00427. The van der Waals surface area contributed by atoms with Crippen molar-refractivity contribution in [2.75, 3.05) is 26.7 Å². The highest BCUT2D eigenvalue weighted by Gasteiger charge is 2.27. The molecule has 3 heteroatoms. The summed E-state index contributed by atoms with van der Waals surface area (Å²) in [6.07, 6.45) is 4.86. The molecule has 0 aromatic heterocycles. The Bertz CT molecular complexity index is 484. The summed E-state index contributed by atoms with van der Waals surface area (Å²) in [7, 11) is 2.04. The van der Waals surface area contributed by atoms with Crippen molar-refractivity contribution in [2.45, 2.75) is 31.7 Å². The van der Waals surface area contributed by atoms with Gasteiger partial charge in [-0.2, -0.15) is 0 Å². The molecule has 1 N–H and O–H groups in total. The molecule has 3 rings (SSSR count). The maximum absolute atomic E-state index is 12.6. The number of benzene rings is 1. The maximum atomic E-state index is 12.6. The van der Waals surface area contributed by atoms with Crippen molar-refractivity contribution in [2.24, 2.45) is 0 Å². The number of nitrogens with zero attached hydrogens (tertiary/aromatic N) is 1. The normalized spacial score (nSPS) is 23.9. The first kappa shape index (κ1) is 12.8. The Hall–Kier alpha value is -1.19. The zero-order valence-corrected chi connectivity index (χ0v) is 11.6. The third kappa shape index (κ3) is 2.58. The van der Waals surface area contributed by atoms with E-state index in [4.69, 9.17) is 0 Å². The van der Waals surface area contributed by atoms with Crippen molar-refractivity contribution in [1.82, 2.24) is 10.2 Å². The Morgan fingerprint density at radius 2 is 2.05 bits per heavy atom. The van der Waals surface area contributed by atoms with Gasteiger partial charge >= 0.3 is 0 Å². The van der Waals surface area contributed by atoms with Gasteiger partial charge in [-0.05, 0) is 49.9 Å². The number of nitrogens with one attached hydrogen (secondary N) is 1. The fourth-order valence-electron chi connectivity index (χ4n) is 3.18. The van der Waals surface area contributed by atoms with Crippen LogP contribution < -0.4 is 5.32 Å². The first-order valence-electron chi connectivity index (χ1n) is 7.32. The first-order chi connectivity index (χ1) is 9.25. The van der Waals surface area contributed by atoms with Crippen molar-refractivity contribution in [3.8, 4) is 0 Å². The Kier molecular flexibility index (Phi) is 3.67. The van der Waals surface area contributed by atoms with Crippen LogP contribution in [0.3, 0.4) is 0 Å². The number of hydrogen-bond donors (Lipinski definition) is 1. The fourth-order valence-corrected chi connectivity index (χ4v) is 3.18. The second-order valence-electron chi connectivity index (χ2n) is 5.76. The zero-order chi connectivity index (χ0) is 13.2. The standard InChI is InChI=1S/C16H22N2O/c1-18-9-8-17-11-15(18)16(19)14-7-6-12-4-2-3-5-13(12)10-14/h6-7,10,15,17H,2-5,8-9,11H2,1H3. The van der Waals surface area contributed by atoms with Gasteiger partial charge in [0, 0.05) is 25.2 Å². The largest absolute Gasteiger partial charge is 0.313 e. The molecule has 1 aromatic rings. The van der Waals surface area contributed by atoms with Gasteiger partial charge in [0.25, 0.3) is 0 Å². The Labute approximate surface area is 115 Å². The second kappa shape index (κ2) is 5.43. The maximum Gasteiger partial charge on any atom is 0.181 e. The van der Waals surface area contributed by atoms with Crippen LogP contribution in [-0.2, 0) is 12.8 Å². The van der Waals surface area contributed by atoms with E-state index in [9.17, 15) is 4.79 Å². The number of aryl methyl sites for hydroxylation is 2. The molecule has 1 aliphatic heterocycles. The summed E-state index contributed by atoms with van der Waals surface area (Å²) < 4.78 is 0. The van der Waals surface area contributed by atoms with Crippen LogP contribution in [-0.4, -0.2) is 43.4 Å². The molecule has 0 saturated carbocycles. The van der Waals surface area contributed by atoms with Gasteiger partial charge in [-0.15, -0.1) is 0 Å².